The van der Waals surface area contributed by atoms with Gasteiger partial charge < -0.3 is 15.3 Å². The van der Waals surface area contributed by atoms with Crippen LogP contribution in [0.1, 0.15) is 94.9 Å². The third-order valence-electron chi connectivity index (χ3n) is 8.88. The number of hydrogen-bond donors (Lipinski definition) is 2. The Morgan fingerprint density at radius 3 is 2.36 bits per heavy atom. The standard InChI is InChI=1S/C38H54N2O4/c1-7-8-15-31(37(43)39-25-34-28(5)21-33(41)22-29(34)6)24-36(42)35-16-12-19-40(35)38(44)32(18-17-27(4)20-26(2)3)23-30-13-10-9-11-14-30/h9-11,13-14,17-18,21-22,26-27,31-32,35,41H,7-8,12,15-16,19-20,23-25H2,1-6H3,(H,39,43)/b18-17+/t27-,31-,32-,35+/m1/s1. The number of nitrogens with zero attached hydrogens (tertiary/aromatic N) is 1. The summed E-state index contributed by atoms with van der Waals surface area (Å²) in [5.41, 5.74) is 3.91. The molecule has 2 aromatic rings. The lowest BCUT2D eigenvalue weighted by molar-refractivity contribution is -0.140. The summed E-state index contributed by atoms with van der Waals surface area (Å²) < 4.78 is 0. The van der Waals surface area contributed by atoms with Gasteiger partial charge in [0.05, 0.1) is 12.0 Å². The first-order valence-corrected chi connectivity index (χ1v) is 16.6. The molecule has 240 valence electrons. The summed E-state index contributed by atoms with van der Waals surface area (Å²) in [7, 11) is 0. The minimum Gasteiger partial charge on any atom is -0.508 e. The van der Waals surface area contributed by atoms with Gasteiger partial charge in [0.25, 0.3) is 0 Å². The zero-order valence-electron chi connectivity index (χ0n) is 27.8. The zero-order chi connectivity index (χ0) is 32.2. The van der Waals surface area contributed by atoms with Gasteiger partial charge in [-0.25, -0.2) is 0 Å². The third kappa shape index (κ3) is 10.3. The molecule has 0 aromatic heterocycles. The molecule has 2 aromatic carbocycles. The second-order valence-electron chi connectivity index (χ2n) is 13.3. The Kier molecular flexibility index (Phi) is 13.7. The lowest BCUT2D eigenvalue weighted by Gasteiger charge is -2.28. The summed E-state index contributed by atoms with van der Waals surface area (Å²) in [4.78, 5) is 43.1. The van der Waals surface area contributed by atoms with Gasteiger partial charge in [0.15, 0.2) is 5.78 Å². The molecule has 1 heterocycles. The number of phenolic OH excluding ortho intramolecular Hbond substituents is 1. The maximum Gasteiger partial charge on any atom is 0.230 e. The van der Waals surface area contributed by atoms with Crippen LogP contribution in [0.5, 0.6) is 5.75 Å². The summed E-state index contributed by atoms with van der Waals surface area (Å²) in [6.45, 7) is 13.5. The third-order valence-corrected chi connectivity index (χ3v) is 8.88. The van der Waals surface area contributed by atoms with E-state index < -0.39 is 12.0 Å². The van der Waals surface area contributed by atoms with E-state index in [1.807, 2.05) is 32.0 Å². The van der Waals surface area contributed by atoms with Crippen molar-refractivity contribution >= 4 is 17.6 Å². The quantitative estimate of drug-likeness (QED) is 0.195. The highest BCUT2D eigenvalue weighted by Crippen LogP contribution is 2.27. The number of carbonyl (C=O) groups excluding carboxylic acids is 3. The number of hydrogen-bond acceptors (Lipinski definition) is 4. The summed E-state index contributed by atoms with van der Waals surface area (Å²) in [5.74, 6) is 0.244. The number of likely N-dealkylation sites (tertiary alicyclic amines) is 1. The van der Waals surface area contributed by atoms with Gasteiger partial charge >= 0.3 is 0 Å². The molecule has 44 heavy (non-hydrogen) atoms. The molecule has 0 aliphatic carbocycles. The van der Waals surface area contributed by atoms with E-state index in [1.54, 1.807) is 17.0 Å². The summed E-state index contributed by atoms with van der Waals surface area (Å²) in [5, 5.41) is 12.9. The molecule has 1 aliphatic heterocycles. The number of aryl methyl sites for hydroxylation is 2. The molecule has 0 radical (unpaired) electrons. The first-order chi connectivity index (χ1) is 21.0. The first-order valence-electron chi connectivity index (χ1n) is 16.6. The Hall–Kier alpha value is -3.41. The largest absolute Gasteiger partial charge is 0.508 e. The molecule has 1 fully saturated rings. The number of allylic oxidation sites excluding steroid dienone is 1. The maximum absolute atomic E-state index is 14.1. The van der Waals surface area contributed by atoms with Crippen molar-refractivity contribution in [3.63, 3.8) is 0 Å². The highest BCUT2D eigenvalue weighted by Gasteiger charge is 2.37. The predicted octanol–water partition coefficient (Wildman–Crippen LogP) is 7.48. The monoisotopic (exact) mass is 602 g/mol. The minimum absolute atomic E-state index is 0.00513. The minimum atomic E-state index is -0.485. The smallest absolute Gasteiger partial charge is 0.230 e. The molecule has 1 aliphatic rings. The van der Waals surface area contributed by atoms with Gasteiger partial charge in [0.2, 0.25) is 11.8 Å². The lowest BCUT2D eigenvalue weighted by Crippen LogP contribution is -2.45. The van der Waals surface area contributed by atoms with Gasteiger partial charge in [0, 0.05) is 25.4 Å². The number of unbranched alkanes of at least 4 members (excludes halogenated alkanes) is 1. The molecule has 2 amide bonds. The van der Waals surface area contributed by atoms with E-state index in [2.05, 4.69) is 57.3 Å². The van der Waals surface area contributed by atoms with E-state index in [0.717, 1.165) is 47.9 Å². The number of Topliss-reactive ketones (excluding diaryl/α,β-unsaturated/α-hetero) is 1. The maximum atomic E-state index is 14.1. The number of carbonyl (C=O) groups is 3. The van der Waals surface area contributed by atoms with Crippen molar-refractivity contribution in [2.45, 2.75) is 105 Å². The van der Waals surface area contributed by atoms with Crippen molar-refractivity contribution in [2.75, 3.05) is 6.54 Å². The first kappa shape index (κ1) is 35.1. The Balaban J connectivity index is 1.73. The van der Waals surface area contributed by atoms with Gasteiger partial charge in [0.1, 0.15) is 5.75 Å². The Morgan fingerprint density at radius 1 is 1.05 bits per heavy atom. The molecular weight excluding hydrogens is 548 g/mol. The number of phenols is 1. The fourth-order valence-corrected chi connectivity index (χ4v) is 6.55. The van der Waals surface area contributed by atoms with Crippen molar-refractivity contribution < 1.29 is 19.5 Å². The molecule has 2 N–H and O–H groups in total. The van der Waals surface area contributed by atoms with Crippen molar-refractivity contribution in [1.29, 1.82) is 0 Å². The number of rotatable bonds is 16. The van der Waals surface area contributed by atoms with E-state index in [-0.39, 0.29) is 35.7 Å². The molecule has 0 saturated carbocycles. The Morgan fingerprint density at radius 2 is 1.73 bits per heavy atom. The van der Waals surface area contributed by atoms with Gasteiger partial charge in [-0.1, -0.05) is 83.0 Å². The summed E-state index contributed by atoms with van der Waals surface area (Å²) in [6, 6.07) is 13.0. The van der Waals surface area contributed by atoms with E-state index in [1.165, 1.54) is 0 Å². The van der Waals surface area contributed by atoms with Crippen LogP contribution in [-0.2, 0) is 27.3 Å². The molecule has 0 bridgehead atoms. The lowest BCUT2D eigenvalue weighted by atomic mass is 9.90. The normalized spacial score (nSPS) is 17.2. The second kappa shape index (κ2) is 17.2. The number of nitrogens with one attached hydrogen (secondary N) is 1. The van der Waals surface area contributed by atoms with Crippen LogP contribution in [0.4, 0.5) is 0 Å². The van der Waals surface area contributed by atoms with E-state index in [0.29, 0.717) is 44.2 Å². The molecule has 4 atom stereocenters. The molecule has 6 heteroatoms. The molecule has 3 rings (SSSR count). The summed E-state index contributed by atoms with van der Waals surface area (Å²) >= 11 is 0. The van der Waals surface area contributed by atoms with E-state index in [9.17, 15) is 19.5 Å². The SMILES string of the molecule is CCCC[C@H](CC(=O)[C@@H]1CCCN1C(=O)[C@H](/C=C/[C@@H](C)CC(C)C)Cc1ccccc1)C(=O)NCc1c(C)cc(O)cc1C. The zero-order valence-corrected chi connectivity index (χ0v) is 27.8. The highest BCUT2D eigenvalue weighted by atomic mass is 16.3. The van der Waals surface area contributed by atoms with Crippen LogP contribution in [0.3, 0.4) is 0 Å². The average molecular weight is 603 g/mol. The van der Waals surface area contributed by atoms with Crippen molar-refractivity contribution in [3.05, 3.63) is 76.9 Å². The Bertz CT molecular complexity index is 1250. The molecular formula is C38H54N2O4. The van der Waals surface area contributed by atoms with Crippen molar-refractivity contribution in [2.24, 2.45) is 23.7 Å². The number of amides is 2. The molecule has 0 spiro atoms. The van der Waals surface area contributed by atoms with Crippen LogP contribution >= 0.6 is 0 Å². The summed E-state index contributed by atoms with van der Waals surface area (Å²) in [6.07, 6.45) is 9.88. The van der Waals surface area contributed by atoms with E-state index >= 15 is 0 Å². The van der Waals surface area contributed by atoms with Gasteiger partial charge in [-0.2, -0.15) is 0 Å². The van der Waals surface area contributed by atoms with Crippen LogP contribution in [0, 0.1) is 37.5 Å². The molecule has 6 nitrogen and oxygen atoms in total. The number of aromatic hydroxyl groups is 1. The van der Waals surface area contributed by atoms with Crippen LogP contribution in [0.2, 0.25) is 0 Å². The average Bonchev–Trinajstić information content (AvgIpc) is 3.47. The van der Waals surface area contributed by atoms with Gasteiger partial charge in [-0.05, 0) is 92.2 Å². The predicted molar refractivity (Wildman–Crippen MR) is 178 cm³/mol. The van der Waals surface area contributed by atoms with Crippen LogP contribution in [0.25, 0.3) is 0 Å². The number of ketones is 1. The van der Waals surface area contributed by atoms with Crippen LogP contribution < -0.4 is 5.32 Å². The fourth-order valence-electron chi connectivity index (χ4n) is 6.55. The highest BCUT2D eigenvalue weighted by molar-refractivity contribution is 5.93. The molecule has 1 saturated heterocycles. The Labute approximate surface area is 265 Å². The van der Waals surface area contributed by atoms with E-state index in [4.69, 9.17) is 0 Å². The fraction of sp³-hybridized carbons (Fsp3) is 0.553. The number of benzene rings is 2. The van der Waals surface area contributed by atoms with Gasteiger partial charge in [-0.15, -0.1) is 0 Å². The van der Waals surface area contributed by atoms with Crippen LogP contribution in [0.15, 0.2) is 54.6 Å². The van der Waals surface area contributed by atoms with Crippen LogP contribution in [-0.4, -0.2) is 40.2 Å². The molecule has 0 unspecified atom stereocenters. The second-order valence-corrected chi connectivity index (χ2v) is 13.3. The van der Waals surface area contributed by atoms with Crippen molar-refractivity contribution in [3.8, 4) is 5.75 Å². The van der Waals surface area contributed by atoms with Gasteiger partial charge in [-0.3, -0.25) is 14.4 Å². The topological polar surface area (TPSA) is 86.7 Å². The van der Waals surface area contributed by atoms with Crippen molar-refractivity contribution in [1.82, 2.24) is 10.2 Å².